The van der Waals surface area contributed by atoms with Gasteiger partial charge in [0.2, 0.25) is 0 Å². The first-order chi connectivity index (χ1) is 20.0. The average Bonchev–Trinajstić information content (AvgIpc) is 2.99. The zero-order valence-corrected chi connectivity index (χ0v) is 22.9. The van der Waals surface area contributed by atoms with Crippen LogP contribution in [0, 0.1) is 0 Å². The molecule has 41 heavy (non-hydrogen) atoms. The molecule has 0 aliphatic heterocycles. The number of benzene rings is 4. The van der Waals surface area contributed by atoms with Crippen molar-refractivity contribution >= 4 is 25.0 Å². The highest BCUT2D eigenvalue weighted by molar-refractivity contribution is 7.49. The van der Waals surface area contributed by atoms with Crippen molar-refractivity contribution in [3.63, 3.8) is 0 Å². The van der Waals surface area contributed by atoms with Crippen molar-refractivity contribution in [2.24, 2.45) is 5.16 Å². The summed E-state index contributed by atoms with van der Waals surface area (Å²) in [6.07, 6.45) is 7.05. The number of phosphoric ester groups is 1. The third kappa shape index (κ3) is 8.18. The van der Waals surface area contributed by atoms with E-state index in [1.165, 1.54) is 0 Å². The van der Waals surface area contributed by atoms with Crippen molar-refractivity contribution in [1.82, 2.24) is 0 Å². The van der Waals surface area contributed by atoms with E-state index in [4.69, 9.17) is 13.7 Å². The highest BCUT2D eigenvalue weighted by Gasteiger charge is 2.34. The molecule has 5 rings (SSSR count). The van der Waals surface area contributed by atoms with Gasteiger partial charge in [-0.25, -0.2) is 0 Å². The maximum atomic E-state index is 13.7. The number of allylic oxidation sites excluding steroid dienone is 5. The van der Waals surface area contributed by atoms with Crippen LogP contribution in [0.1, 0.15) is 5.56 Å². The summed E-state index contributed by atoms with van der Waals surface area (Å²) in [5.74, 6) is 0.553. The molecular formula is C33H27N2O5P. The van der Waals surface area contributed by atoms with E-state index in [-0.39, 0.29) is 12.2 Å². The number of phosphoric acid groups is 1. The van der Waals surface area contributed by atoms with Gasteiger partial charge in [0, 0.05) is 12.1 Å². The van der Waals surface area contributed by atoms with Crippen molar-refractivity contribution in [3.8, 4) is 11.5 Å². The molecular weight excluding hydrogens is 535 g/mol. The summed E-state index contributed by atoms with van der Waals surface area (Å²) in [4.78, 5) is 12.7. The standard InChI is InChI=1S/C33H27N2O5P/c36-29(23-26-13-5-1-6-14-26)24-27-21-22-32(33(25-27)34-28-15-7-2-8-16-28)35-40-41(37,38-30-17-9-3-10-18-30)39-31-19-11-4-12-20-31/h1-22,24-25,34H,23H2. The van der Waals surface area contributed by atoms with Crippen LogP contribution in [0.4, 0.5) is 5.69 Å². The summed E-state index contributed by atoms with van der Waals surface area (Å²) >= 11 is 0. The lowest BCUT2D eigenvalue weighted by Crippen LogP contribution is -2.14. The fourth-order valence-corrected chi connectivity index (χ4v) is 4.95. The Morgan fingerprint density at radius 3 is 1.85 bits per heavy atom. The van der Waals surface area contributed by atoms with E-state index < -0.39 is 7.82 Å². The fourth-order valence-electron chi connectivity index (χ4n) is 3.90. The number of oxime groups is 1. The zero-order valence-electron chi connectivity index (χ0n) is 22.0. The van der Waals surface area contributed by atoms with Gasteiger partial charge in [-0.05, 0) is 65.8 Å². The van der Waals surface area contributed by atoms with E-state index in [1.807, 2.05) is 72.8 Å². The van der Waals surface area contributed by atoms with Crippen LogP contribution in [0.2, 0.25) is 0 Å². The monoisotopic (exact) mass is 562 g/mol. The molecule has 0 saturated heterocycles. The van der Waals surface area contributed by atoms with Crippen molar-refractivity contribution in [2.75, 3.05) is 5.32 Å². The molecule has 0 heterocycles. The van der Waals surface area contributed by atoms with E-state index in [0.29, 0.717) is 28.5 Å². The first-order valence-electron chi connectivity index (χ1n) is 12.9. The second-order valence-electron chi connectivity index (χ2n) is 8.97. The number of carbonyl (C=O) groups is 1. The lowest BCUT2D eigenvalue weighted by atomic mass is 10.0. The Hall–Kier alpha value is -5.13. The van der Waals surface area contributed by atoms with Crippen molar-refractivity contribution < 1.29 is 23.0 Å². The summed E-state index contributed by atoms with van der Waals surface area (Å²) in [5.41, 5.74) is 3.26. The molecule has 0 saturated carbocycles. The predicted molar refractivity (Wildman–Crippen MR) is 161 cm³/mol. The molecule has 204 valence electrons. The molecule has 7 nitrogen and oxygen atoms in total. The molecule has 4 aromatic carbocycles. The molecule has 0 radical (unpaired) electrons. The summed E-state index contributed by atoms with van der Waals surface area (Å²) in [6.45, 7) is 0. The summed E-state index contributed by atoms with van der Waals surface area (Å²) in [5, 5.41) is 7.48. The Kier molecular flexibility index (Phi) is 8.89. The normalized spacial score (nSPS) is 14.8. The average molecular weight is 563 g/mol. The number of rotatable bonds is 11. The van der Waals surface area contributed by atoms with Gasteiger partial charge in [-0.2, -0.15) is 4.57 Å². The van der Waals surface area contributed by atoms with Crippen LogP contribution in [0.5, 0.6) is 11.5 Å². The largest absolute Gasteiger partial charge is 0.668 e. The van der Waals surface area contributed by atoms with Gasteiger partial charge in [-0.3, -0.25) is 9.42 Å². The highest BCUT2D eigenvalue weighted by atomic mass is 31.2. The second-order valence-corrected chi connectivity index (χ2v) is 10.4. The molecule has 0 spiro atoms. The molecule has 0 atom stereocenters. The fraction of sp³-hybridized carbons (Fsp3) is 0.0303. The number of nitrogens with one attached hydrogen (secondary N) is 1. The minimum atomic E-state index is -4.26. The van der Waals surface area contributed by atoms with Crippen molar-refractivity contribution in [1.29, 1.82) is 0 Å². The van der Waals surface area contributed by atoms with Crippen LogP contribution in [0.15, 0.2) is 162 Å². The lowest BCUT2D eigenvalue weighted by Gasteiger charge is -2.18. The maximum absolute atomic E-state index is 13.7. The maximum Gasteiger partial charge on any atom is 0.668 e. The Labute approximate surface area is 238 Å². The van der Waals surface area contributed by atoms with Crippen LogP contribution in [-0.4, -0.2) is 11.5 Å². The van der Waals surface area contributed by atoms with Crippen LogP contribution < -0.4 is 14.4 Å². The van der Waals surface area contributed by atoms with Gasteiger partial charge in [-0.15, -0.1) is 0 Å². The third-order valence-corrected chi connectivity index (χ3v) is 6.93. The molecule has 1 aliphatic carbocycles. The number of anilines is 1. The van der Waals surface area contributed by atoms with Gasteiger partial charge in [0.05, 0.1) is 5.70 Å². The predicted octanol–water partition coefficient (Wildman–Crippen LogP) is 7.93. The first kappa shape index (κ1) is 27.4. The first-order valence-corrected chi connectivity index (χ1v) is 14.4. The molecule has 0 fully saturated rings. The number of carbonyl (C=O) groups excluding carboxylic acids is 1. The Morgan fingerprint density at radius 2 is 1.27 bits per heavy atom. The number of para-hydroxylation sites is 3. The van der Waals surface area contributed by atoms with Gasteiger partial charge < -0.3 is 14.4 Å². The number of nitrogens with zero attached hydrogens (tertiary/aromatic N) is 1. The van der Waals surface area contributed by atoms with Crippen LogP contribution >= 0.6 is 7.82 Å². The summed E-state index contributed by atoms with van der Waals surface area (Å²) < 4.78 is 30.6. The lowest BCUT2D eigenvalue weighted by molar-refractivity contribution is -0.114. The molecule has 0 bridgehead atoms. The van der Waals surface area contributed by atoms with Gasteiger partial charge >= 0.3 is 7.82 Å². The molecule has 0 unspecified atom stereocenters. The van der Waals surface area contributed by atoms with E-state index in [1.54, 1.807) is 72.8 Å². The molecule has 0 aromatic heterocycles. The number of hydrogen-bond acceptors (Lipinski definition) is 7. The third-order valence-electron chi connectivity index (χ3n) is 5.78. The summed E-state index contributed by atoms with van der Waals surface area (Å²) in [7, 11) is -4.26. The van der Waals surface area contributed by atoms with Crippen LogP contribution in [0.25, 0.3) is 0 Å². The quantitative estimate of drug-likeness (QED) is 0.114. The molecule has 8 heteroatoms. The zero-order chi connectivity index (χ0) is 28.3. The van der Waals surface area contributed by atoms with Gasteiger partial charge in [-0.1, -0.05) is 96.2 Å². The minimum Gasteiger partial charge on any atom is -0.385 e. The number of hydrogen-bond donors (Lipinski definition) is 1. The van der Waals surface area contributed by atoms with Crippen molar-refractivity contribution in [3.05, 3.63) is 162 Å². The van der Waals surface area contributed by atoms with Crippen LogP contribution in [-0.2, 0) is 20.4 Å². The Bertz CT molecular complexity index is 1590. The van der Waals surface area contributed by atoms with E-state index in [9.17, 15) is 9.36 Å². The van der Waals surface area contributed by atoms with E-state index >= 15 is 0 Å². The van der Waals surface area contributed by atoms with Crippen LogP contribution in [0.3, 0.4) is 0 Å². The molecule has 1 aliphatic rings. The second kappa shape index (κ2) is 13.3. The van der Waals surface area contributed by atoms with Gasteiger partial charge in [0.1, 0.15) is 17.2 Å². The smallest absolute Gasteiger partial charge is 0.385 e. The van der Waals surface area contributed by atoms with Gasteiger partial charge in [0.25, 0.3) is 0 Å². The van der Waals surface area contributed by atoms with Crippen molar-refractivity contribution in [2.45, 2.75) is 6.42 Å². The SMILES string of the molecule is O=C(C=C1C=CC(=NOP(=O)(Oc2ccccc2)Oc2ccccc2)C(Nc2ccccc2)=C1)Cc1ccccc1. The topological polar surface area (TPSA) is 86.2 Å². The molecule has 4 aromatic rings. The van der Waals surface area contributed by atoms with E-state index in [0.717, 1.165) is 11.3 Å². The highest BCUT2D eigenvalue weighted by Crippen LogP contribution is 2.50. The van der Waals surface area contributed by atoms with E-state index in [2.05, 4.69) is 10.5 Å². The summed E-state index contributed by atoms with van der Waals surface area (Å²) in [6, 6.07) is 36.2. The molecule has 0 amide bonds. The Morgan fingerprint density at radius 1 is 0.732 bits per heavy atom. The van der Waals surface area contributed by atoms with Gasteiger partial charge in [0.15, 0.2) is 5.78 Å². The Balaban J connectivity index is 1.42. The number of ketones is 1. The minimum absolute atomic E-state index is 0.0418. The molecule has 1 N–H and O–H groups in total.